The minimum Gasteiger partial charge on any atom is -0.342 e. The minimum atomic E-state index is 0.272. The average Bonchev–Trinajstić information content (AvgIpc) is 3.17. The molecule has 1 aromatic heterocycles. The van der Waals surface area contributed by atoms with Crippen LogP contribution in [0.5, 0.6) is 0 Å². The summed E-state index contributed by atoms with van der Waals surface area (Å²) in [5.41, 5.74) is 0. The summed E-state index contributed by atoms with van der Waals surface area (Å²) in [6.07, 6.45) is 6.10. The van der Waals surface area contributed by atoms with Gasteiger partial charge in [0, 0.05) is 23.9 Å². The number of thiophene rings is 1. The molecule has 1 aliphatic heterocycles. The van der Waals surface area contributed by atoms with E-state index in [9.17, 15) is 4.79 Å². The van der Waals surface area contributed by atoms with Crippen LogP contribution in [0, 0.1) is 17.8 Å². The molecule has 1 amide bonds. The Morgan fingerprint density at radius 1 is 1.37 bits per heavy atom. The summed E-state index contributed by atoms with van der Waals surface area (Å²) in [6, 6.07) is 4.37. The largest absolute Gasteiger partial charge is 0.342 e. The van der Waals surface area contributed by atoms with Gasteiger partial charge in [0.1, 0.15) is 0 Å². The predicted octanol–water partition coefficient (Wildman–Crippen LogP) is 3.58. The highest BCUT2D eigenvalue weighted by atomic mass is 32.1. The quantitative estimate of drug-likeness (QED) is 0.824. The first-order valence-electron chi connectivity index (χ1n) is 7.55. The summed E-state index contributed by atoms with van der Waals surface area (Å²) < 4.78 is 0. The van der Waals surface area contributed by atoms with Crippen molar-refractivity contribution in [3.8, 4) is 0 Å². The van der Waals surface area contributed by atoms with Gasteiger partial charge < -0.3 is 4.90 Å². The second-order valence-electron chi connectivity index (χ2n) is 6.18. The molecular formula is C16H23NOS. The van der Waals surface area contributed by atoms with Crippen LogP contribution in [0.1, 0.15) is 37.5 Å². The zero-order valence-electron chi connectivity index (χ0n) is 11.7. The smallest absolute Gasteiger partial charge is 0.225 e. The Hall–Kier alpha value is -0.830. The number of rotatable bonds is 4. The van der Waals surface area contributed by atoms with E-state index in [0.717, 1.165) is 19.0 Å². The lowest BCUT2D eigenvalue weighted by atomic mass is 9.92. The number of carbonyl (C=O) groups excluding carboxylic acids is 1. The molecule has 2 aliphatic rings. The second-order valence-corrected chi connectivity index (χ2v) is 7.21. The number of likely N-dealkylation sites (tertiary alicyclic amines) is 1. The van der Waals surface area contributed by atoms with Crippen molar-refractivity contribution in [2.75, 3.05) is 13.1 Å². The molecule has 1 aromatic rings. The van der Waals surface area contributed by atoms with Crippen LogP contribution in [-0.2, 0) is 11.2 Å². The number of piperidine rings is 1. The third-order valence-electron chi connectivity index (χ3n) is 4.71. The van der Waals surface area contributed by atoms with E-state index in [4.69, 9.17) is 0 Å². The Kier molecular flexibility index (Phi) is 3.92. The predicted molar refractivity (Wildman–Crippen MR) is 79.2 cm³/mol. The molecule has 1 aliphatic carbocycles. The Morgan fingerprint density at radius 3 is 2.68 bits per heavy atom. The summed E-state index contributed by atoms with van der Waals surface area (Å²) in [7, 11) is 0. The fourth-order valence-electron chi connectivity index (χ4n) is 3.16. The monoisotopic (exact) mass is 277 g/mol. The van der Waals surface area contributed by atoms with Gasteiger partial charge in [-0.3, -0.25) is 4.79 Å². The van der Waals surface area contributed by atoms with Gasteiger partial charge in [0.25, 0.3) is 0 Å². The van der Waals surface area contributed by atoms with Crippen LogP contribution in [0.15, 0.2) is 17.5 Å². The lowest BCUT2D eigenvalue weighted by Gasteiger charge is -2.33. The zero-order chi connectivity index (χ0) is 13.2. The fourth-order valence-corrected chi connectivity index (χ4v) is 3.98. The van der Waals surface area contributed by atoms with Crippen LogP contribution in [0.4, 0.5) is 0 Å². The number of hydrogen-bond acceptors (Lipinski definition) is 2. The standard InChI is InChI=1S/C16H23NOS/c1-12(14-4-5-14)16(18)17-8-6-13(7-9-17)11-15-3-2-10-19-15/h2-3,10,12-14H,4-9,11H2,1H3. The van der Waals surface area contributed by atoms with Crippen molar-refractivity contribution in [3.63, 3.8) is 0 Å². The van der Waals surface area contributed by atoms with Gasteiger partial charge in [0.2, 0.25) is 5.91 Å². The van der Waals surface area contributed by atoms with Gasteiger partial charge in [0.15, 0.2) is 0 Å². The molecule has 0 bridgehead atoms. The minimum absolute atomic E-state index is 0.272. The number of hydrogen-bond donors (Lipinski definition) is 0. The van der Waals surface area contributed by atoms with Gasteiger partial charge in [0.05, 0.1) is 0 Å². The van der Waals surface area contributed by atoms with Crippen molar-refractivity contribution in [2.45, 2.75) is 39.0 Å². The molecule has 2 nitrogen and oxygen atoms in total. The molecule has 3 heteroatoms. The first kappa shape index (κ1) is 13.2. The topological polar surface area (TPSA) is 20.3 Å². The number of amides is 1. The van der Waals surface area contributed by atoms with Crippen molar-refractivity contribution < 1.29 is 4.79 Å². The third kappa shape index (κ3) is 3.19. The van der Waals surface area contributed by atoms with E-state index in [1.54, 1.807) is 0 Å². The molecule has 1 atom stereocenters. The maximum atomic E-state index is 12.3. The molecule has 1 unspecified atom stereocenters. The van der Waals surface area contributed by atoms with Crippen LogP contribution in [0.3, 0.4) is 0 Å². The number of carbonyl (C=O) groups is 1. The van der Waals surface area contributed by atoms with Gasteiger partial charge in [-0.1, -0.05) is 13.0 Å². The lowest BCUT2D eigenvalue weighted by Crippen LogP contribution is -2.42. The van der Waals surface area contributed by atoms with E-state index in [-0.39, 0.29) is 5.92 Å². The molecule has 2 fully saturated rings. The SMILES string of the molecule is CC(C(=O)N1CCC(Cc2cccs2)CC1)C1CC1. The Bertz CT molecular complexity index is 416. The van der Waals surface area contributed by atoms with E-state index >= 15 is 0 Å². The van der Waals surface area contributed by atoms with Gasteiger partial charge in [-0.15, -0.1) is 11.3 Å². The molecular weight excluding hydrogens is 254 g/mol. The van der Waals surface area contributed by atoms with Crippen LogP contribution in [0.2, 0.25) is 0 Å². The van der Waals surface area contributed by atoms with E-state index in [1.807, 2.05) is 11.3 Å². The van der Waals surface area contributed by atoms with Crippen LogP contribution < -0.4 is 0 Å². The van der Waals surface area contributed by atoms with E-state index in [0.29, 0.717) is 11.8 Å². The molecule has 0 N–H and O–H groups in total. The molecule has 104 valence electrons. The highest BCUT2D eigenvalue weighted by molar-refractivity contribution is 7.09. The summed E-state index contributed by atoms with van der Waals surface area (Å²) >= 11 is 1.86. The van der Waals surface area contributed by atoms with E-state index < -0.39 is 0 Å². The van der Waals surface area contributed by atoms with Crippen LogP contribution in [-0.4, -0.2) is 23.9 Å². The maximum absolute atomic E-state index is 12.3. The van der Waals surface area contributed by atoms with Crippen molar-refractivity contribution in [1.82, 2.24) is 4.90 Å². The van der Waals surface area contributed by atoms with Gasteiger partial charge in [-0.2, -0.15) is 0 Å². The Balaban J connectivity index is 1.47. The van der Waals surface area contributed by atoms with Crippen molar-refractivity contribution in [2.24, 2.45) is 17.8 Å². The highest BCUT2D eigenvalue weighted by Crippen LogP contribution is 2.38. The first-order valence-corrected chi connectivity index (χ1v) is 8.43. The first-order chi connectivity index (χ1) is 9.24. The fraction of sp³-hybridized carbons (Fsp3) is 0.688. The summed E-state index contributed by atoms with van der Waals surface area (Å²) in [4.78, 5) is 15.9. The Labute approximate surface area is 119 Å². The molecule has 1 saturated heterocycles. The normalized spacial score (nSPS) is 22.5. The van der Waals surface area contributed by atoms with E-state index in [2.05, 4.69) is 29.3 Å². The van der Waals surface area contributed by atoms with Crippen molar-refractivity contribution in [3.05, 3.63) is 22.4 Å². The van der Waals surface area contributed by atoms with Gasteiger partial charge in [-0.05, 0) is 55.4 Å². The van der Waals surface area contributed by atoms with E-state index in [1.165, 1.54) is 37.0 Å². The summed E-state index contributed by atoms with van der Waals surface area (Å²) in [5, 5.41) is 2.16. The average molecular weight is 277 g/mol. The molecule has 0 radical (unpaired) electrons. The second kappa shape index (κ2) is 5.66. The lowest BCUT2D eigenvalue weighted by molar-refractivity contribution is -0.137. The zero-order valence-corrected chi connectivity index (χ0v) is 12.5. The number of nitrogens with zero attached hydrogens (tertiary/aromatic N) is 1. The van der Waals surface area contributed by atoms with Crippen LogP contribution >= 0.6 is 11.3 Å². The summed E-state index contributed by atoms with van der Waals surface area (Å²) in [5.74, 6) is 2.15. The highest BCUT2D eigenvalue weighted by Gasteiger charge is 2.35. The Morgan fingerprint density at radius 2 is 2.11 bits per heavy atom. The molecule has 0 aromatic carbocycles. The maximum Gasteiger partial charge on any atom is 0.225 e. The van der Waals surface area contributed by atoms with Crippen molar-refractivity contribution in [1.29, 1.82) is 0 Å². The molecule has 19 heavy (non-hydrogen) atoms. The van der Waals surface area contributed by atoms with Crippen molar-refractivity contribution >= 4 is 17.2 Å². The van der Waals surface area contributed by atoms with Gasteiger partial charge >= 0.3 is 0 Å². The third-order valence-corrected chi connectivity index (χ3v) is 5.61. The molecule has 0 spiro atoms. The molecule has 2 heterocycles. The van der Waals surface area contributed by atoms with Crippen LogP contribution in [0.25, 0.3) is 0 Å². The molecule has 3 rings (SSSR count). The van der Waals surface area contributed by atoms with Gasteiger partial charge in [-0.25, -0.2) is 0 Å². The summed E-state index contributed by atoms with van der Waals surface area (Å²) in [6.45, 7) is 4.08. The molecule has 1 saturated carbocycles.